The van der Waals surface area contributed by atoms with E-state index in [4.69, 9.17) is 63.1 Å². The van der Waals surface area contributed by atoms with Crippen LogP contribution < -0.4 is 10.6 Å². The molecule has 1 heterocycles. The molecule has 412 valence electrons. The Morgan fingerprint density at radius 2 is 1.14 bits per heavy atom. The van der Waals surface area contributed by atoms with Crippen molar-refractivity contribution in [1.29, 1.82) is 0 Å². The highest BCUT2D eigenvalue weighted by atomic mass is 33.1. The van der Waals surface area contributed by atoms with Crippen molar-refractivity contribution in [2.45, 2.75) is 145 Å². The van der Waals surface area contributed by atoms with Gasteiger partial charge in [-0.25, -0.2) is 4.98 Å². The number of carboxylic acids is 1. The molecule has 0 fully saturated rings. The largest absolute Gasteiger partial charge is 0.481 e. The Hall–Kier alpha value is -3.84. The summed E-state index contributed by atoms with van der Waals surface area (Å²) in [5, 5.41) is 60.8. The van der Waals surface area contributed by atoms with E-state index in [1.807, 2.05) is 27.7 Å². The first-order valence-electron chi connectivity index (χ1n) is 22.8. The number of amides is 2. The Bertz CT molecular complexity index is 1560. The highest BCUT2D eigenvalue weighted by Gasteiger charge is 2.22. The number of aliphatic hydroxyl groups is 4. The zero-order valence-corrected chi connectivity index (χ0v) is 43.7. The number of rotatable bonds is 39. The molecule has 0 saturated heterocycles. The summed E-state index contributed by atoms with van der Waals surface area (Å²) in [7, 11) is 8.53. The van der Waals surface area contributed by atoms with Crippen molar-refractivity contribution in [3.63, 3.8) is 0 Å². The van der Waals surface area contributed by atoms with E-state index in [2.05, 4.69) is 15.6 Å². The van der Waals surface area contributed by atoms with Crippen molar-refractivity contribution in [3.05, 3.63) is 28.4 Å². The van der Waals surface area contributed by atoms with Crippen molar-refractivity contribution >= 4 is 57.0 Å². The van der Waals surface area contributed by atoms with Crippen molar-refractivity contribution in [1.82, 2.24) is 15.6 Å². The van der Waals surface area contributed by atoms with E-state index >= 15 is 0 Å². The van der Waals surface area contributed by atoms with Crippen molar-refractivity contribution < 1.29 is 97.1 Å². The first kappa shape index (κ1) is 69.2. The maximum atomic E-state index is 12.2. The number of methoxy groups -OCH3 is 4. The van der Waals surface area contributed by atoms with Gasteiger partial charge in [-0.15, -0.1) is 0 Å². The van der Waals surface area contributed by atoms with Crippen LogP contribution in [0.1, 0.15) is 98.3 Å². The summed E-state index contributed by atoms with van der Waals surface area (Å²) in [6.07, 6.45) is 1.04. The Kier molecular flexibility index (Phi) is 42.6. The molecular formula is C44H78N4O21S2. The van der Waals surface area contributed by atoms with Gasteiger partial charge in [-0.1, -0.05) is 24.6 Å². The topological polar surface area (TPSA) is 350 Å². The number of esters is 2. The summed E-state index contributed by atoms with van der Waals surface area (Å²) in [5.74, 6) is -2.23. The molecule has 25 nitrogen and oxygen atoms in total. The molecule has 0 aromatic carbocycles. The van der Waals surface area contributed by atoms with Crippen LogP contribution in [0.5, 0.6) is 0 Å². The Morgan fingerprint density at radius 1 is 0.676 bits per heavy atom. The summed E-state index contributed by atoms with van der Waals surface area (Å²) < 4.78 is 45.0. The summed E-state index contributed by atoms with van der Waals surface area (Å²) in [5.41, 5.74) is -0.0584. The molecule has 0 aliphatic carbocycles. The number of carbonyl (C=O) groups excluding carboxylic acids is 4. The molecule has 7 N–H and O–H groups in total. The van der Waals surface area contributed by atoms with Gasteiger partial charge in [-0.3, -0.25) is 34.1 Å². The lowest BCUT2D eigenvalue weighted by atomic mass is 10.1. The summed E-state index contributed by atoms with van der Waals surface area (Å²) in [6.45, 7) is 7.61. The average Bonchev–Trinajstić information content (AvgIpc) is 3.36. The number of aliphatic hydroxyl groups excluding tert-OH is 4. The van der Waals surface area contributed by atoms with Crippen LogP contribution in [-0.4, -0.2) is 188 Å². The molecule has 6 atom stereocenters. The first-order valence-corrected chi connectivity index (χ1v) is 25.0. The maximum Gasteiger partial charge on any atom is 0.305 e. The third-order valence-electron chi connectivity index (χ3n) is 9.21. The molecule has 2 amide bonds. The monoisotopic (exact) mass is 1060 g/mol. The number of hydrogen-bond donors (Lipinski definition) is 7. The molecular weight excluding hydrogens is 985 g/mol. The van der Waals surface area contributed by atoms with E-state index in [0.717, 1.165) is 0 Å². The number of hydrogen-bond acceptors (Lipinski definition) is 23. The fourth-order valence-corrected chi connectivity index (χ4v) is 7.11. The van der Waals surface area contributed by atoms with Crippen LogP contribution in [0.3, 0.4) is 0 Å². The normalized spacial score (nSPS) is 13.6. The SMILES string of the molecule is CCC(CO)OC(CO)OC.CCC(CO)OC(COC(=O)CCCC(=O)NCCCNC(=O)CCC(C)(C)SSc1ccc([N+](=O)[O-])cn1)OC.COC(CO)OC(COC(=O)CCCC(=O)O)OC. The van der Waals surface area contributed by atoms with Crippen LogP contribution in [0.25, 0.3) is 0 Å². The van der Waals surface area contributed by atoms with Gasteiger partial charge in [0, 0.05) is 84.4 Å². The zero-order chi connectivity index (χ0) is 54.0. The molecule has 0 aliphatic rings. The number of ether oxygens (including phenoxy) is 9. The quantitative estimate of drug-likeness (QED) is 0.0124. The van der Waals surface area contributed by atoms with Gasteiger partial charge in [0.2, 0.25) is 11.8 Å². The minimum Gasteiger partial charge on any atom is -0.481 e. The molecule has 71 heavy (non-hydrogen) atoms. The van der Waals surface area contributed by atoms with E-state index in [0.29, 0.717) is 56.6 Å². The first-order chi connectivity index (χ1) is 33.8. The number of aliphatic carboxylic acids is 1. The van der Waals surface area contributed by atoms with Crippen molar-refractivity contribution in [2.75, 3.05) is 81.2 Å². The minimum atomic E-state index is -0.961. The molecule has 1 aromatic heterocycles. The molecule has 0 aliphatic heterocycles. The number of pyridine rings is 1. The Morgan fingerprint density at radius 3 is 1.56 bits per heavy atom. The lowest BCUT2D eigenvalue weighted by Gasteiger charge is -2.22. The molecule has 1 rings (SSSR count). The highest BCUT2D eigenvalue weighted by molar-refractivity contribution is 8.77. The average molecular weight is 1060 g/mol. The van der Waals surface area contributed by atoms with E-state index in [1.54, 1.807) is 16.9 Å². The van der Waals surface area contributed by atoms with Gasteiger partial charge >= 0.3 is 17.9 Å². The van der Waals surface area contributed by atoms with Crippen LogP contribution in [-0.2, 0) is 66.6 Å². The van der Waals surface area contributed by atoms with Gasteiger partial charge in [-0.2, -0.15) is 0 Å². The predicted molar refractivity (Wildman–Crippen MR) is 258 cm³/mol. The lowest BCUT2D eigenvalue weighted by molar-refractivity contribution is -0.385. The zero-order valence-electron chi connectivity index (χ0n) is 42.1. The Labute approximate surface area is 423 Å². The summed E-state index contributed by atoms with van der Waals surface area (Å²) in [6, 6.07) is 3.01. The van der Waals surface area contributed by atoms with Gasteiger partial charge in [0.15, 0.2) is 25.2 Å². The molecule has 0 spiro atoms. The molecule has 27 heteroatoms. The number of nitro groups is 1. The standard InChI is InChI=1S/C26H42N4O9S2.C11H20O8.C7H16O4/c1-5-20(17-31)39-25(37-4)18-38-24(34)9-6-8-21(32)27-14-7-15-28-22(33)12-13-26(2,3)41-40-23-11-10-19(16-29-23)30(35)36;1-16-10(6-12)19-11(17-2)7-18-9(15)5-3-4-8(13)14;1-3-6(4-8)11-7(5-9)10-2/h10-11,16,20,25,31H,5-9,12-15,17-18H2,1-4H3,(H,27,32)(H,28,33);10-12H,3-7H2,1-2H3,(H,13,14);6-9H,3-5H2,1-2H3. The molecule has 0 radical (unpaired) electrons. The number of aromatic nitrogens is 1. The third-order valence-corrected chi connectivity index (χ3v) is 12.5. The van der Waals surface area contributed by atoms with E-state index in [9.17, 15) is 39.2 Å². The van der Waals surface area contributed by atoms with E-state index in [1.165, 1.54) is 51.5 Å². The fourth-order valence-electron chi connectivity index (χ4n) is 4.91. The summed E-state index contributed by atoms with van der Waals surface area (Å²) >= 11 is 0. The number of nitrogens with zero attached hydrogens (tertiary/aromatic N) is 2. The predicted octanol–water partition coefficient (Wildman–Crippen LogP) is 2.86. The van der Waals surface area contributed by atoms with Crippen LogP contribution in [0.4, 0.5) is 5.69 Å². The van der Waals surface area contributed by atoms with Gasteiger partial charge in [0.25, 0.3) is 5.69 Å². The van der Waals surface area contributed by atoms with Crippen LogP contribution in [0, 0.1) is 10.1 Å². The smallest absolute Gasteiger partial charge is 0.305 e. The molecule has 0 bridgehead atoms. The molecule has 0 saturated carbocycles. The molecule has 6 unspecified atom stereocenters. The van der Waals surface area contributed by atoms with E-state index in [-0.39, 0.29) is 100 Å². The van der Waals surface area contributed by atoms with Gasteiger partial charge in [0.1, 0.15) is 24.4 Å². The van der Waals surface area contributed by atoms with Gasteiger partial charge in [-0.05, 0) is 69.2 Å². The second kappa shape index (κ2) is 43.7. The second-order valence-corrected chi connectivity index (χ2v) is 18.3. The van der Waals surface area contributed by atoms with Crippen LogP contribution in [0.2, 0.25) is 0 Å². The fraction of sp³-hybridized carbons (Fsp3) is 0.773. The van der Waals surface area contributed by atoms with Crippen LogP contribution in [0.15, 0.2) is 23.4 Å². The van der Waals surface area contributed by atoms with Crippen molar-refractivity contribution in [3.8, 4) is 0 Å². The number of nitrogens with one attached hydrogen (secondary N) is 2. The summed E-state index contributed by atoms with van der Waals surface area (Å²) in [4.78, 5) is 71.9. The second-order valence-electron chi connectivity index (χ2n) is 15.4. The third kappa shape index (κ3) is 38.5. The van der Waals surface area contributed by atoms with Crippen molar-refractivity contribution in [2.24, 2.45) is 0 Å². The lowest BCUT2D eigenvalue weighted by Crippen LogP contribution is -2.32. The number of carboxylic acid groups (broad SMARTS) is 1. The molecule has 1 aromatic rings. The van der Waals surface area contributed by atoms with Gasteiger partial charge < -0.3 is 78.8 Å². The highest BCUT2D eigenvalue weighted by Crippen LogP contribution is 2.42. The van der Waals surface area contributed by atoms with E-state index < -0.39 is 54.1 Å². The maximum absolute atomic E-state index is 12.2. The van der Waals surface area contributed by atoms with Crippen LogP contribution >= 0.6 is 21.6 Å². The minimum absolute atomic E-state index is 0.0104. The van der Waals surface area contributed by atoms with Gasteiger partial charge in [0.05, 0.1) is 43.6 Å². The number of carbonyl (C=O) groups is 5. The Balaban J connectivity index is 0.